The first-order valence-electron chi connectivity index (χ1n) is 6.50. The lowest BCUT2D eigenvalue weighted by Gasteiger charge is -2.24. The Morgan fingerprint density at radius 3 is 2.69 bits per heavy atom. The number of likely N-dealkylation sites (tertiary alicyclic amines) is 2. The van der Waals surface area contributed by atoms with Crippen molar-refractivity contribution in [1.82, 2.24) is 9.80 Å². The van der Waals surface area contributed by atoms with Crippen LogP contribution in [0.25, 0.3) is 0 Å². The van der Waals surface area contributed by atoms with E-state index in [2.05, 4.69) is 4.90 Å². The second-order valence-corrected chi connectivity index (χ2v) is 4.98. The number of hydrogen-bond acceptors (Lipinski definition) is 3. The fourth-order valence-corrected chi connectivity index (χ4v) is 2.76. The molecule has 0 bridgehead atoms. The summed E-state index contributed by atoms with van der Waals surface area (Å²) in [5, 5.41) is 0. The largest absolute Gasteiger partial charge is 0.340 e. The predicted octanol–water partition coefficient (Wildman–Crippen LogP) is 0.420. The minimum atomic E-state index is -0.294. The minimum Gasteiger partial charge on any atom is -0.340 e. The van der Waals surface area contributed by atoms with Crippen molar-refractivity contribution >= 4 is 5.91 Å². The number of nitrogens with two attached hydrogens (primary N) is 1. The monoisotopic (exact) mass is 225 g/mol. The second kappa shape index (κ2) is 5.15. The van der Waals surface area contributed by atoms with Gasteiger partial charge in [-0.15, -0.1) is 0 Å². The molecule has 0 aliphatic carbocycles. The number of amides is 1. The molecule has 0 aromatic carbocycles. The Morgan fingerprint density at radius 2 is 2.06 bits per heavy atom. The molecule has 1 amide bonds. The third kappa shape index (κ3) is 2.38. The Morgan fingerprint density at radius 1 is 1.38 bits per heavy atom. The zero-order valence-electron chi connectivity index (χ0n) is 10.2. The van der Waals surface area contributed by atoms with Crippen LogP contribution in [0.1, 0.15) is 32.6 Å². The van der Waals surface area contributed by atoms with Crippen molar-refractivity contribution in [3.63, 3.8) is 0 Å². The Bertz CT molecular complexity index is 251. The Kier molecular flexibility index (Phi) is 3.82. The summed E-state index contributed by atoms with van der Waals surface area (Å²) < 4.78 is 0. The van der Waals surface area contributed by atoms with Crippen LogP contribution < -0.4 is 5.73 Å². The molecule has 2 aliphatic heterocycles. The molecule has 92 valence electrons. The van der Waals surface area contributed by atoms with Crippen molar-refractivity contribution in [2.24, 2.45) is 5.73 Å². The van der Waals surface area contributed by atoms with Crippen molar-refractivity contribution in [1.29, 1.82) is 0 Å². The van der Waals surface area contributed by atoms with E-state index in [1.54, 1.807) is 0 Å². The lowest BCUT2D eigenvalue weighted by molar-refractivity contribution is -0.131. The molecule has 0 spiro atoms. The van der Waals surface area contributed by atoms with Gasteiger partial charge in [0.15, 0.2) is 0 Å². The molecule has 2 aliphatic rings. The van der Waals surface area contributed by atoms with E-state index in [-0.39, 0.29) is 11.9 Å². The van der Waals surface area contributed by atoms with Gasteiger partial charge in [0, 0.05) is 19.1 Å². The van der Waals surface area contributed by atoms with E-state index in [0.717, 1.165) is 25.9 Å². The first-order chi connectivity index (χ1) is 7.72. The molecule has 4 heteroatoms. The van der Waals surface area contributed by atoms with Crippen molar-refractivity contribution < 1.29 is 4.79 Å². The third-order valence-corrected chi connectivity index (χ3v) is 3.89. The van der Waals surface area contributed by atoms with Gasteiger partial charge in [0.05, 0.1) is 6.04 Å². The fraction of sp³-hybridized carbons (Fsp3) is 0.917. The van der Waals surface area contributed by atoms with Gasteiger partial charge >= 0.3 is 0 Å². The Hall–Kier alpha value is -0.610. The topological polar surface area (TPSA) is 49.6 Å². The van der Waals surface area contributed by atoms with Gasteiger partial charge in [0.25, 0.3) is 0 Å². The highest BCUT2D eigenvalue weighted by Crippen LogP contribution is 2.20. The van der Waals surface area contributed by atoms with Crippen molar-refractivity contribution in [2.45, 2.75) is 44.7 Å². The van der Waals surface area contributed by atoms with Crippen molar-refractivity contribution in [2.75, 3.05) is 26.2 Å². The SMILES string of the molecule is CC[C@H](N)C(=O)N1CCC(N2CCCC2)C1. The number of hydrogen-bond donors (Lipinski definition) is 1. The van der Waals surface area contributed by atoms with Crippen molar-refractivity contribution in [3.05, 3.63) is 0 Å². The molecule has 0 radical (unpaired) electrons. The Balaban J connectivity index is 1.85. The first kappa shape index (κ1) is 11.9. The average Bonchev–Trinajstić information content (AvgIpc) is 2.96. The van der Waals surface area contributed by atoms with Gasteiger partial charge in [-0.3, -0.25) is 9.69 Å². The molecular weight excluding hydrogens is 202 g/mol. The normalized spacial score (nSPS) is 28.6. The van der Waals surface area contributed by atoms with Crippen LogP contribution in [0.3, 0.4) is 0 Å². The van der Waals surface area contributed by atoms with E-state index >= 15 is 0 Å². The van der Waals surface area contributed by atoms with Crippen molar-refractivity contribution in [3.8, 4) is 0 Å². The molecule has 0 aromatic rings. The van der Waals surface area contributed by atoms with Gasteiger partial charge in [-0.2, -0.15) is 0 Å². The fourth-order valence-electron chi connectivity index (χ4n) is 2.76. The van der Waals surface area contributed by atoms with E-state index in [1.807, 2.05) is 11.8 Å². The maximum atomic E-state index is 11.9. The van der Waals surface area contributed by atoms with E-state index in [1.165, 1.54) is 25.9 Å². The van der Waals surface area contributed by atoms with Crippen LogP contribution in [0.2, 0.25) is 0 Å². The molecule has 16 heavy (non-hydrogen) atoms. The molecule has 2 saturated heterocycles. The standard InChI is InChI=1S/C12H23N3O/c1-2-11(13)12(16)15-8-5-10(9-15)14-6-3-4-7-14/h10-11H,2-9,13H2,1H3/t10?,11-/m0/s1. The lowest BCUT2D eigenvalue weighted by Crippen LogP contribution is -2.44. The minimum absolute atomic E-state index is 0.143. The van der Waals surface area contributed by atoms with E-state index in [4.69, 9.17) is 5.73 Å². The summed E-state index contributed by atoms with van der Waals surface area (Å²) in [5.41, 5.74) is 5.79. The van der Waals surface area contributed by atoms with Crippen LogP contribution in [0, 0.1) is 0 Å². The highest BCUT2D eigenvalue weighted by molar-refractivity contribution is 5.81. The van der Waals surface area contributed by atoms with Gasteiger partial charge in [0.2, 0.25) is 5.91 Å². The van der Waals surface area contributed by atoms with Gasteiger partial charge in [-0.1, -0.05) is 6.92 Å². The summed E-state index contributed by atoms with van der Waals surface area (Å²) >= 11 is 0. The summed E-state index contributed by atoms with van der Waals surface area (Å²) in [6.07, 6.45) is 4.50. The highest BCUT2D eigenvalue weighted by Gasteiger charge is 2.32. The molecular formula is C12H23N3O. The van der Waals surface area contributed by atoms with Gasteiger partial charge in [-0.05, 0) is 38.8 Å². The molecule has 1 unspecified atom stereocenters. The van der Waals surface area contributed by atoms with Crippen LogP contribution >= 0.6 is 0 Å². The molecule has 2 rings (SSSR count). The van der Waals surface area contributed by atoms with Crippen LogP contribution in [0.4, 0.5) is 0 Å². The number of nitrogens with zero attached hydrogens (tertiary/aromatic N) is 2. The zero-order valence-corrected chi connectivity index (χ0v) is 10.2. The van der Waals surface area contributed by atoms with E-state index < -0.39 is 0 Å². The summed E-state index contributed by atoms with van der Waals surface area (Å²) in [5.74, 6) is 0.143. The molecule has 2 fully saturated rings. The summed E-state index contributed by atoms with van der Waals surface area (Å²) in [6, 6.07) is 0.299. The molecule has 4 nitrogen and oxygen atoms in total. The van der Waals surface area contributed by atoms with Gasteiger partial charge in [-0.25, -0.2) is 0 Å². The van der Waals surface area contributed by atoms with Gasteiger partial charge in [0.1, 0.15) is 0 Å². The predicted molar refractivity (Wildman–Crippen MR) is 64.1 cm³/mol. The average molecular weight is 225 g/mol. The molecule has 0 aromatic heterocycles. The van der Waals surface area contributed by atoms with E-state index in [9.17, 15) is 4.79 Å². The van der Waals surface area contributed by atoms with Crippen LogP contribution in [0.5, 0.6) is 0 Å². The molecule has 2 atom stereocenters. The van der Waals surface area contributed by atoms with Crippen LogP contribution in [-0.2, 0) is 4.79 Å². The lowest BCUT2D eigenvalue weighted by atomic mass is 10.2. The van der Waals surface area contributed by atoms with Gasteiger partial charge < -0.3 is 10.6 Å². The second-order valence-electron chi connectivity index (χ2n) is 4.98. The molecule has 2 heterocycles. The smallest absolute Gasteiger partial charge is 0.239 e. The van der Waals surface area contributed by atoms with Crippen LogP contribution in [0.15, 0.2) is 0 Å². The Labute approximate surface area is 97.8 Å². The number of carbonyl (C=O) groups excluding carboxylic acids is 1. The zero-order chi connectivity index (χ0) is 11.5. The summed E-state index contributed by atoms with van der Waals surface area (Å²) in [4.78, 5) is 16.4. The maximum Gasteiger partial charge on any atom is 0.239 e. The third-order valence-electron chi connectivity index (χ3n) is 3.89. The quantitative estimate of drug-likeness (QED) is 0.757. The summed E-state index contributed by atoms with van der Waals surface area (Å²) in [6.45, 7) is 6.19. The number of carbonyl (C=O) groups is 1. The summed E-state index contributed by atoms with van der Waals surface area (Å²) in [7, 11) is 0. The first-order valence-corrected chi connectivity index (χ1v) is 6.50. The molecule has 0 saturated carbocycles. The van der Waals surface area contributed by atoms with Crippen LogP contribution in [-0.4, -0.2) is 54.0 Å². The number of rotatable bonds is 3. The van der Waals surface area contributed by atoms with E-state index in [0.29, 0.717) is 6.04 Å². The highest BCUT2D eigenvalue weighted by atomic mass is 16.2. The molecule has 2 N–H and O–H groups in total. The maximum absolute atomic E-state index is 11.9.